The first-order valence-electron chi connectivity index (χ1n) is 6.29. The van der Waals surface area contributed by atoms with Crippen LogP contribution in [0.1, 0.15) is 45.4 Å². The quantitative estimate of drug-likeness (QED) is 0.766. The normalized spacial score (nSPS) is 27.9. The number of hydrogen-bond acceptors (Lipinski definition) is 2. The van der Waals surface area contributed by atoms with E-state index in [1.807, 2.05) is 11.8 Å². The molecular formula is C12H22N2O. The summed E-state index contributed by atoms with van der Waals surface area (Å²) in [6.45, 7) is 3.65. The third-order valence-electron chi connectivity index (χ3n) is 3.79. The van der Waals surface area contributed by atoms with Gasteiger partial charge in [0.25, 0.3) is 0 Å². The number of nitrogens with one attached hydrogen (secondary N) is 1. The van der Waals surface area contributed by atoms with Crippen LogP contribution in [0.15, 0.2) is 0 Å². The van der Waals surface area contributed by atoms with Gasteiger partial charge in [-0.3, -0.25) is 10.1 Å². The lowest BCUT2D eigenvalue weighted by Crippen LogP contribution is -2.29. The van der Waals surface area contributed by atoms with Crippen molar-refractivity contribution in [1.29, 1.82) is 0 Å². The molecule has 0 aromatic rings. The monoisotopic (exact) mass is 210 g/mol. The third-order valence-corrected chi connectivity index (χ3v) is 3.79. The maximum Gasteiger partial charge on any atom is 0.240 e. The van der Waals surface area contributed by atoms with E-state index in [0.717, 1.165) is 19.1 Å². The van der Waals surface area contributed by atoms with E-state index >= 15 is 0 Å². The van der Waals surface area contributed by atoms with Gasteiger partial charge < -0.3 is 4.90 Å². The van der Waals surface area contributed by atoms with Gasteiger partial charge in [-0.25, -0.2) is 0 Å². The lowest BCUT2D eigenvalue weighted by Gasteiger charge is -2.16. The predicted octanol–water partition coefficient (Wildman–Crippen LogP) is 1.73. The van der Waals surface area contributed by atoms with Crippen molar-refractivity contribution in [3.8, 4) is 0 Å². The molecule has 1 amide bonds. The van der Waals surface area contributed by atoms with Crippen LogP contribution in [-0.2, 0) is 4.79 Å². The minimum absolute atomic E-state index is 0.0384. The highest BCUT2D eigenvalue weighted by molar-refractivity contribution is 5.83. The third kappa shape index (κ3) is 2.71. The van der Waals surface area contributed by atoms with Crippen LogP contribution in [0, 0.1) is 5.92 Å². The van der Waals surface area contributed by atoms with Crippen molar-refractivity contribution >= 4 is 5.91 Å². The van der Waals surface area contributed by atoms with E-state index in [1.165, 1.54) is 38.5 Å². The molecule has 2 rings (SSSR count). The highest BCUT2D eigenvalue weighted by Crippen LogP contribution is 2.28. The smallest absolute Gasteiger partial charge is 0.240 e. The van der Waals surface area contributed by atoms with Crippen LogP contribution < -0.4 is 5.32 Å². The van der Waals surface area contributed by atoms with Crippen LogP contribution in [0.4, 0.5) is 0 Å². The molecule has 1 aliphatic carbocycles. The highest BCUT2D eigenvalue weighted by Gasteiger charge is 2.26. The minimum atomic E-state index is 0.0384. The fraction of sp³-hybridized carbons (Fsp3) is 0.917. The van der Waals surface area contributed by atoms with E-state index in [-0.39, 0.29) is 11.9 Å². The molecule has 3 heteroatoms. The number of carbonyl (C=O) groups excluding carboxylic acids is 1. The molecule has 0 aromatic heterocycles. The molecule has 1 saturated carbocycles. The molecule has 15 heavy (non-hydrogen) atoms. The molecule has 2 fully saturated rings. The van der Waals surface area contributed by atoms with Crippen molar-refractivity contribution in [2.75, 3.05) is 13.2 Å². The average molecular weight is 210 g/mol. The van der Waals surface area contributed by atoms with Crippen LogP contribution in [0.3, 0.4) is 0 Å². The van der Waals surface area contributed by atoms with Gasteiger partial charge in [-0.2, -0.15) is 0 Å². The molecule has 0 spiro atoms. The van der Waals surface area contributed by atoms with Gasteiger partial charge in [0.15, 0.2) is 0 Å². The molecule has 86 valence electrons. The van der Waals surface area contributed by atoms with Crippen LogP contribution in [0.2, 0.25) is 0 Å². The Morgan fingerprint density at radius 2 is 2.13 bits per heavy atom. The van der Waals surface area contributed by atoms with E-state index in [2.05, 4.69) is 5.32 Å². The predicted molar refractivity (Wildman–Crippen MR) is 60.4 cm³/mol. The first-order valence-corrected chi connectivity index (χ1v) is 6.29. The van der Waals surface area contributed by atoms with Gasteiger partial charge in [-0.15, -0.1) is 0 Å². The van der Waals surface area contributed by atoms with Crippen molar-refractivity contribution < 1.29 is 4.79 Å². The van der Waals surface area contributed by atoms with Crippen LogP contribution in [-0.4, -0.2) is 30.1 Å². The number of hydrogen-bond donors (Lipinski definition) is 1. The summed E-state index contributed by atoms with van der Waals surface area (Å²) in [4.78, 5) is 13.6. The Morgan fingerprint density at radius 1 is 1.40 bits per heavy atom. The Kier molecular flexibility index (Phi) is 3.62. The molecule has 2 aliphatic rings. The fourth-order valence-corrected chi connectivity index (χ4v) is 2.75. The summed E-state index contributed by atoms with van der Waals surface area (Å²) in [5, 5.41) is 3.17. The van der Waals surface area contributed by atoms with Gasteiger partial charge in [0.2, 0.25) is 5.91 Å². The van der Waals surface area contributed by atoms with Crippen molar-refractivity contribution in [3.63, 3.8) is 0 Å². The van der Waals surface area contributed by atoms with E-state index < -0.39 is 0 Å². The summed E-state index contributed by atoms with van der Waals surface area (Å²) >= 11 is 0. The van der Waals surface area contributed by atoms with Crippen LogP contribution in [0.5, 0.6) is 0 Å². The van der Waals surface area contributed by atoms with Crippen LogP contribution >= 0.6 is 0 Å². The Balaban J connectivity index is 1.63. The second kappa shape index (κ2) is 4.97. The van der Waals surface area contributed by atoms with Crippen LogP contribution in [0.25, 0.3) is 0 Å². The summed E-state index contributed by atoms with van der Waals surface area (Å²) in [6.07, 6.45) is 8.19. The molecule has 1 atom stereocenters. The molecule has 1 aliphatic heterocycles. The maximum atomic E-state index is 11.6. The van der Waals surface area contributed by atoms with Crippen molar-refractivity contribution in [3.05, 3.63) is 0 Å². The largest absolute Gasteiger partial charge is 0.329 e. The molecule has 1 heterocycles. The van der Waals surface area contributed by atoms with E-state index in [0.29, 0.717) is 0 Å². The Hall–Kier alpha value is -0.570. The van der Waals surface area contributed by atoms with E-state index in [4.69, 9.17) is 0 Å². The number of amides is 1. The second-order valence-corrected chi connectivity index (χ2v) is 4.98. The molecule has 1 N–H and O–H groups in total. The van der Waals surface area contributed by atoms with Gasteiger partial charge in [0.05, 0.1) is 12.7 Å². The lowest BCUT2D eigenvalue weighted by atomic mass is 10.0. The standard InChI is InChI=1S/C12H22N2O/c1-10-12(15)14(9-13-10)8-4-7-11-5-2-3-6-11/h10-11,13H,2-9H2,1H3. The zero-order valence-corrected chi connectivity index (χ0v) is 9.67. The molecule has 0 bridgehead atoms. The molecule has 0 aromatic carbocycles. The zero-order valence-electron chi connectivity index (χ0n) is 9.67. The summed E-state index contributed by atoms with van der Waals surface area (Å²) in [5.74, 6) is 1.23. The Labute approximate surface area is 92.2 Å². The number of rotatable bonds is 4. The van der Waals surface area contributed by atoms with Crippen molar-refractivity contribution in [1.82, 2.24) is 10.2 Å². The zero-order chi connectivity index (χ0) is 10.7. The van der Waals surface area contributed by atoms with Crippen molar-refractivity contribution in [2.45, 2.75) is 51.5 Å². The van der Waals surface area contributed by atoms with Gasteiger partial charge in [-0.05, 0) is 25.7 Å². The fourth-order valence-electron chi connectivity index (χ4n) is 2.75. The average Bonchev–Trinajstić information content (AvgIpc) is 2.83. The second-order valence-electron chi connectivity index (χ2n) is 4.98. The number of carbonyl (C=O) groups is 1. The topological polar surface area (TPSA) is 32.3 Å². The molecule has 0 radical (unpaired) electrons. The van der Waals surface area contributed by atoms with Crippen molar-refractivity contribution in [2.24, 2.45) is 5.92 Å². The first kappa shape index (κ1) is 10.9. The molecule has 1 unspecified atom stereocenters. The van der Waals surface area contributed by atoms with Gasteiger partial charge in [0, 0.05) is 6.54 Å². The van der Waals surface area contributed by atoms with E-state index in [1.54, 1.807) is 0 Å². The number of nitrogens with zero attached hydrogens (tertiary/aromatic N) is 1. The summed E-state index contributed by atoms with van der Waals surface area (Å²) in [6, 6.07) is 0.0384. The lowest BCUT2D eigenvalue weighted by molar-refractivity contribution is -0.128. The SMILES string of the molecule is CC1NCN(CCCC2CCCC2)C1=O. The minimum Gasteiger partial charge on any atom is -0.329 e. The Bertz CT molecular complexity index is 224. The first-order chi connectivity index (χ1) is 7.27. The summed E-state index contributed by atoms with van der Waals surface area (Å²) in [5.41, 5.74) is 0. The summed E-state index contributed by atoms with van der Waals surface area (Å²) in [7, 11) is 0. The van der Waals surface area contributed by atoms with Gasteiger partial charge in [-0.1, -0.05) is 25.7 Å². The summed E-state index contributed by atoms with van der Waals surface area (Å²) < 4.78 is 0. The molecule has 1 saturated heterocycles. The molecular weight excluding hydrogens is 188 g/mol. The maximum absolute atomic E-state index is 11.6. The van der Waals surface area contributed by atoms with Gasteiger partial charge in [0.1, 0.15) is 0 Å². The molecule has 3 nitrogen and oxygen atoms in total. The van der Waals surface area contributed by atoms with E-state index in [9.17, 15) is 4.79 Å². The Morgan fingerprint density at radius 3 is 2.73 bits per heavy atom. The highest BCUT2D eigenvalue weighted by atomic mass is 16.2. The van der Waals surface area contributed by atoms with Gasteiger partial charge >= 0.3 is 0 Å².